The number of ether oxygens (including phenoxy) is 1. The summed E-state index contributed by atoms with van der Waals surface area (Å²) >= 11 is 0. The largest absolute Gasteiger partial charge is 0.419 e. The molecule has 2 heterocycles. The standard InChI is InChI=1S/C24H25N5O3S/c1-18(2)13-15-29-16-14-22(27-29)32-23-17-21(19-9-5-3-6-10-19)25-24(26-23)28-33(30,31)20-11-7-4-8-12-20/h3-12,14,16-18H,13,15H2,1-2H3,(H,25,26,28). The van der Waals surface area contributed by atoms with Gasteiger partial charge in [-0.3, -0.25) is 4.68 Å². The lowest BCUT2D eigenvalue weighted by atomic mass is 10.1. The Morgan fingerprint density at radius 3 is 2.33 bits per heavy atom. The zero-order chi connectivity index (χ0) is 23.3. The van der Waals surface area contributed by atoms with Gasteiger partial charge >= 0.3 is 0 Å². The van der Waals surface area contributed by atoms with Gasteiger partial charge in [0.1, 0.15) is 0 Å². The van der Waals surface area contributed by atoms with Crippen LogP contribution in [0.25, 0.3) is 11.3 Å². The third-order valence-corrected chi connectivity index (χ3v) is 6.16. The summed E-state index contributed by atoms with van der Waals surface area (Å²) in [6.45, 7) is 5.10. The molecule has 2 aromatic heterocycles. The van der Waals surface area contributed by atoms with Gasteiger partial charge in [0.25, 0.3) is 10.0 Å². The second-order valence-electron chi connectivity index (χ2n) is 7.90. The van der Waals surface area contributed by atoms with Crippen molar-refractivity contribution >= 4 is 16.0 Å². The van der Waals surface area contributed by atoms with Gasteiger partial charge < -0.3 is 4.74 Å². The van der Waals surface area contributed by atoms with Crippen LogP contribution in [0, 0.1) is 5.92 Å². The lowest BCUT2D eigenvalue weighted by molar-refractivity contribution is 0.421. The molecule has 0 aliphatic heterocycles. The van der Waals surface area contributed by atoms with E-state index in [0.29, 0.717) is 17.5 Å². The van der Waals surface area contributed by atoms with Crippen LogP contribution in [0.15, 0.2) is 83.9 Å². The number of nitrogens with zero attached hydrogens (tertiary/aromatic N) is 4. The van der Waals surface area contributed by atoms with Crippen molar-refractivity contribution < 1.29 is 13.2 Å². The van der Waals surface area contributed by atoms with Crippen molar-refractivity contribution in [3.05, 3.63) is 79.0 Å². The number of nitrogens with one attached hydrogen (secondary N) is 1. The predicted octanol–water partition coefficient (Wildman–Crippen LogP) is 4.98. The Kier molecular flexibility index (Phi) is 6.69. The minimum absolute atomic E-state index is 0.0885. The summed E-state index contributed by atoms with van der Waals surface area (Å²) in [5, 5.41) is 4.43. The minimum Gasteiger partial charge on any atom is -0.419 e. The highest BCUT2D eigenvalue weighted by molar-refractivity contribution is 7.92. The van der Waals surface area contributed by atoms with E-state index in [9.17, 15) is 8.42 Å². The van der Waals surface area contributed by atoms with Gasteiger partial charge in [0.15, 0.2) is 0 Å². The highest BCUT2D eigenvalue weighted by Gasteiger charge is 2.18. The van der Waals surface area contributed by atoms with E-state index >= 15 is 0 Å². The number of hydrogen-bond acceptors (Lipinski definition) is 6. The first kappa shape index (κ1) is 22.5. The zero-order valence-electron chi connectivity index (χ0n) is 18.4. The molecule has 0 spiro atoms. The second-order valence-corrected chi connectivity index (χ2v) is 9.58. The van der Waals surface area contributed by atoms with Gasteiger partial charge in [-0.05, 0) is 24.5 Å². The molecule has 170 valence electrons. The molecule has 33 heavy (non-hydrogen) atoms. The highest BCUT2D eigenvalue weighted by Crippen LogP contribution is 2.26. The van der Waals surface area contributed by atoms with Crippen LogP contribution in [-0.2, 0) is 16.6 Å². The summed E-state index contributed by atoms with van der Waals surface area (Å²) in [4.78, 5) is 8.79. The average molecular weight is 464 g/mol. The number of sulfonamides is 1. The number of aromatic nitrogens is 4. The van der Waals surface area contributed by atoms with Gasteiger partial charge in [-0.15, -0.1) is 5.10 Å². The zero-order valence-corrected chi connectivity index (χ0v) is 19.2. The van der Waals surface area contributed by atoms with Crippen molar-refractivity contribution in [1.82, 2.24) is 19.7 Å². The minimum atomic E-state index is -3.86. The average Bonchev–Trinajstić information content (AvgIpc) is 3.25. The SMILES string of the molecule is CC(C)CCn1ccc(Oc2cc(-c3ccccc3)nc(NS(=O)(=O)c3ccccc3)n2)n1. The van der Waals surface area contributed by atoms with Crippen LogP contribution in [0.5, 0.6) is 11.8 Å². The third-order valence-electron chi connectivity index (χ3n) is 4.81. The first-order chi connectivity index (χ1) is 15.9. The molecule has 4 aromatic rings. The molecule has 0 atom stereocenters. The van der Waals surface area contributed by atoms with Crippen molar-refractivity contribution in [1.29, 1.82) is 0 Å². The summed E-state index contributed by atoms with van der Waals surface area (Å²) in [5.74, 6) is 1.03. The predicted molar refractivity (Wildman–Crippen MR) is 126 cm³/mol. The molecule has 0 aliphatic carbocycles. The van der Waals surface area contributed by atoms with Crippen LogP contribution >= 0.6 is 0 Å². The van der Waals surface area contributed by atoms with Crippen LogP contribution in [0.2, 0.25) is 0 Å². The van der Waals surface area contributed by atoms with Crippen LogP contribution in [0.4, 0.5) is 5.95 Å². The van der Waals surface area contributed by atoms with Gasteiger partial charge in [0.05, 0.1) is 10.6 Å². The van der Waals surface area contributed by atoms with E-state index in [-0.39, 0.29) is 16.7 Å². The maximum atomic E-state index is 12.8. The summed E-state index contributed by atoms with van der Waals surface area (Å²) < 4.78 is 35.7. The van der Waals surface area contributed by atoms with Crippen molar-refractivity contribution in [3.8, 4) is 23.0 Å². The van der Waals surface area contributed by atoms with Gasteiger partial charge in [0.2, 0.25) is 17.7 Å². The Hall–Kier alpha value is -3.72. The molecule has 8 nitrogen and oxygen atoms in total. The smallest absolute Gasteiger partial charge is 0.264 e. The number of benzene rings is 2. The monoisotopic (exact) mass is 463 g/mol. The van der Waals surface area contributed by atoms with E-state index in [1.165, 1.54) is 12.1 Å². The summed E-state index contributed by atoms with van der Waals surface area (Å²) in [6.07, 6.45) is 2.84. The number of hydrogen-bond donors (Lipinski definition) is 1. The van der Waals surface area contributed by atoms with Gasteiger partial charge in [-0.1, -0.05) is 62.4 Å². The Bertz CT molecular complexity index is 1310. The molecule has 9 heteroatoms. The quantitative estimate of drug-likeness (QED) is 0.376. The van der Waals surface area contributed by atoms with Crippen LogP contribution in [-0.4, -0.2) is 28.2 Å². The van der Waals surface area contributed by atoms with Crippen molar-refractivity contribution in [3.63, 3.8) is 0 Å². The molecular weight excluding hydrogens is 438 g/mol. The fourth-order valence-electron chi connectivity index (χ4n) is 3.08. The Balaban J connectivity index is 1.64. The molecule has 0 saturated heterocycles. The Labute approximate surface area is 193 Å². The third kappa shape index (κ3) is 5.95. The summed E-state index contributed by atoms with van der Waals surface area (Å²) in [7, 11) is -3.86. The number of rotatable bonds is 9. The molecule has 0 bridgehead atoms. The van der Waals surface area contributed by atoms with E-state index in [4.69, 9.17) is 4.74 Å². The van der Waals surface area contributed by atoms with Gasteiger partial charge in [-0.25, -0.2) is 18.1 Å². The molecule has 4 rings (SSSR count). The Morgan fingerprint density at radius 1 is 0.939 bits per heavy atom. The molecule has 0 aliphatic rings. The molecule has 0 fully saturated rings. The maximum absolute atomic E-state index is 12.8. The van der Waals surface area contributed by atoms with E-state index in [1.807, 2.05) is 41.2 Å². The van der Waals surface area contributed by atoms with Crippen molar-refractivity contribution in [2.45, 2.75) is 31.7 Å². The van der Waals surface area contributed by atoms with E-state index in [1.54, 1.807) is 30.3 Å². The van der Waals surface area contributed by atoms with Crippen molar-refractivity contribution in [2.24, 2.45) is 5.92 Å². The Morgan fingerprint density at radius 2 is 1.64 bits per heavy atom. The molecule has 0 radical (unpaired) electrons. The van der Waals surface area contributed by atoms with Gasteiger partial charge in [-0.2, -0.15) is 4.98 Å². The second kappa shape index (κ2) is 9.83. The summed E-state index contributed by atoms with van der Waals surface area (Å²) in [6, 6.07) is 20.9. The topological polar surface area (TPSA) is 99.0 Å². The van der Waals surface area contributed by atoms with Gasteiger partial charge in [0, 0.05) is 30.4 Å². The van der Waals surface area contributed by atoms with E-state index in [0.717, 1.165) is 18.5 Å². The molecular formula is C24H25N5O3S. The van der Waals surface area contributed by atoms with E-state index < -0.39 is 10.0 Å². The lowest BCUT2D eigenvalue weighted by Gasteiger charge is -2.10. The van der Waals surface area contributed by atoms with Crippen molar-refractivity contribution in [2.75, 3.05) is 4.72 Å². The molecule has 0 amide bonds. The number of aryl methyl sites for hydroxylation is 1. The first-order valence-electron chi connectivity index (χ1n) is 10.6. The van der Waals surface area contributed by atoms with E-state index in [2.05, 4.69) is 33.6 Å². The van der Waals surface area contributed by atoms with Crippen LogP contribution < -0.4 is 9.46 Å². The fourth-order valence-corrected chi connectivity index (χ4v) is 4.04. The van der Waals surface area contributed by atoms with Crippen LogP contribution in [0.3, 0.4) is 0 Å². The molecule has 2 aromatic carbocycles. The molecule has 0 unspecified atom stereocenters. The maximum Gasteiger partial charge on any atom is 0.264 e. The molecule has 1 N–H and O–H groups in total. The number of anilines is 1. The molecule has 0 saturated carbocycles. The first-order valence-corrected chi connectivity index (χ1v) is 12.1. The summed E-state index contributed by atoms with van der Waals surface area (Å²) in [5.41, 5.74) is 1.32. The fraction of sp³-hybridized carbons (Fsp3) is 0.208. The lowest BCUT2D eigenvalue weighted by Crippen LogP contribution is -2.15. The highest BCUT2D eigenvalue weighted by atomic mass is 32.2. The van der Waals surface area contributed by atoms with Crippen LogP contribution in [0.1, 0.15) is 20.3 Å². The normalized spacial score (nSPS) is 11.5.